The smallest absolute Gasteiger partial charge is 0.408 e. The molecule has 1 aromatic heterocycles. The Hall–Kier alpha value is -3.11. The number of nitrogens with two attached hydrogens (primary N) is 1. The summed E-state index contributed by atoms with van der Waals surface area (Å²) >= 11 is 0. The van der Waals surface area contributed by atoms with E-state index in [0.717, 1.165) is 18.5 Å². The number of hydrogen-bond acceptors (Lipinski definition) is 6. The summed E-state index contributed by atoms with van der Waals surface area (Å²) in [5, 5.41) is 9.99. The summed E-state index contributed by atoms with van der Waals surface area (Å²) in [7, 11) is 0. The van der Waals surface area contributed by atoms with Gasteiger partial charge in [-0.2, -0.15) is 5.10 Å². The lowest BCUT2D eigenvalue weighted by molar-refractivity contribution is -0.144. The standard InChI is InChI=1S/C28H44N6O5/c1-26(2,3)21(32-25(38)39-27(4,5)6)24(37)33-14-17-19(28(17,7)8)20(33)23(36)31-18(22(29)35)13-16-10-9-15-11-12-30-34(15)16/h11-12,16-21H,9-10,13-14H2,1-8H3,(H2,29,35)(H,31,36)(H,32,38)/t16?,17-,18?,19-,20-,21?/m0/s1. The van der Waals surface area contributed by atoms with Crippen LogP contribution in [0.1, 0.15) is 80.0 Å². The number of aryl methyl sites for hydroxylation is 1. The van der Waals surface area contributed by atoms with Crippen LogP contribution in [-0.4, -0.2) is 68.8 Å². The van der Waals surface area contributed by atoms with Gasteiger partial charge in [0.2, 0.25) is 17.7 Å². The Morgan fingerprint density at radius 1 is 1.15 bits per heavy atom. The van der Waals surface area contributed by atoms with E-state index in [9.17, 15) is 19.2 Å². The summed E-state index contributed by atoms with van der Waals surface area (Å²) in [6.45, 7) is 15.4. The molecule has 3 heterocycles. The fourth-order valence-electron chi connectivity index (χ4n) is 6.35. The number of primary amides is 1. The first kappa shape index (κ1) is 28.9. The zero-order chi connectivity index (χ0) is 29.1. The van der Waals surface area contributed by atoms with Gasteiger partial charge in [-0.05, 0) is 68.8 Å². The zero-order valence-corrected chi connectivity index (χ0v) is 24.4. The number of carbonyl (C=O) groups is 4. The highest BCUT2D eigenvalue weighted by atomic mass is 16.6. The van der Waals surface area contributed by atoms with Crippen molar-refractivity contribution in [3.05, 3.63) is 18.0 Å². The molecule has 2 fully saturated rings. The molecule has 0 bridgehead atoms. The zero-order valence-electron chi connectivity index (χ0n) is 24.4. The second-order valence-corrected chi connectivity index (χ2v) is 14.0. The Morgan fingerprint density at radius 3 is 2.41 bits per heavy atom. The molecule has 1 saturated carbocycles. The molecule has 3 aliphatic rings. The molecule has 4 N–H and O–H groups in total. The Morgan fingerprint density at radius 2 is 1.82 bits per heavy atom. The van der Waals surface area contributed by atoms with Gasteiger partial charge in [0.05, 0.1) is 6.04 Å². The van der Waals surface area contributed by atoms with E-state index in [0.29, 0.717) is 13.0 Å². The van der Waals surface area contributed by atoms with Crippen molar-refractivity contribution >= 4 is 23.8 Å². The first-order valence-corrected chi connectivity index (χ1v) is 13.8. The summed E-state index contributed by atoms with van der Waals surface area (Å²) in [6, 6.07) is -0.664. The minimum absolute atomic E-state index is 0.0393. The molecule has 0 radical (unpaired) electrons. The lowest BCUT2D eigenvalue weighted by Crippen LogP contribution is -2.60. The van der Waals surface area contributed by atoms with Crippen LogP contribution in [0, 0.1) is 22.7 Å². The number of piperidine rings is 1. The molecule has 6 atom stereocenters. The van der Waals surface area contributed by atoms with Crippen molar-refractivity contribution in [3.8, 4) is 0 Å². The van der Waals surface area contributed by atoms with Crippen LogP contribution in [0.4, 0.5) is 4.79 Å². The normalized spacial score (nSPS) is 26.7. The second-order valence-electron chi connectivity index (χ2n) is 14.0. The van der Waals surface area contributed by atoms with Crippen molar-refractivity contribution in [2.45, 2.75) is 104 Å². The average Bonchev–Trinajstić information content (AvgIpc) is 3.29. The number of aromatic nitrogens is 2. The minimum atomic E-state index is -0.910. The summed E-state index contributed by atoms with van der Waals surface area (Å²) in [5.74, 6) is -1.27. The Balaban J connectivity index is 1.53. The highest BCUT2D eigenvalue weighted by molar-refractivity contribution is 5.95. The third-order valence-electron chi connectivity index (χ3n) is 8.53. The third-order valence-corrected chi connectivity index (χ3v) is 8.53. The second kappa shape index (κ2) is 9.82. The van der Waals surface area contributed by atoms with Crippen molar-refractivity contribution in [2.75, 3.05) is 6.54 Å². The van der Waals surface area contributed by atoms with E-state index in [2.05, 4.69) is 29.6 Å². The van der Waals surface area contributed by atoms with Crippen LogP contribution < -0.4 is 16.4 Å². The van der Waals surface area contributed by atoms with Gasteiger partial charge in [0, 0.05) is 18.4 Å². The molecule has 11 heteroatoms. The van der Waals surface area contributed by atoms with Crippen LogP contribution in [0.3, 0.4) is 0 Å². The molecular formula is C28H44N6O5. The van der Waals surface area contributed by atoms with Gasteiger partial charge >= 0.3 is 6.09 Å². The number of rotatable bonds is 7. The molecule has 11 nitrogen and oxygen atoms in total. The van der Waals surface area contributed by atoms with E-state index < -0.39 is 47.0 Å². The summed E-state index contributed by atoms with van der Waals surface area (Å²) in [5.41, 5.74) is 5.34. The Bertz CT molecular complexity index is 1150. The number of nitrogens with one attached hydrogen (secondary N) is 2. The molecule has 4 rings (SSSR count). The summed E-state index contributed by atoms with van der Waals surface area (Å²) in [6.07, 6.45) is 3.04. The maximum atomic E-state index is 14.0. The number of likely N-dealkylation sites (tertiary alicyclic amines) is 1. The van der Waals surface area contributed by atoms with Crippen molar-refractivity contribution in [3.63, 3.8) is 0 Å². The van der Waals surface area contributed by atoms with Gasteiger partial charge in [0.25, 0.3) is 0 Å². The lowest BCUT2D eigenvalue weighted by Gasteiger charge is -2.38. The van der Waals surface area contributed by atoms with Gasteiger partial charge in [-0.3, -0.25) is 19.1 Å². The predicted molar refractivity (Wildman–Crippen MR) is 144 cm³/mol. The molecule has 1 aromatic rings. The monoisotopic (exact) mass is 544 g/mol. The molecule has 4 amide bonds. The third kappa shape index (κ3) is 5.77. The van der Waals surface area contributed by atoms with Crippen LogP contribution >= 0.6 is 0 Å². The fraction of sp³-hybridized carbons (Fsp3) is 0.750. The highest BCUT2D eigenvalue weighted by Gasteiger charge is 2.70. The molecule has 39 heavy (non-hydrogen) atoms. The van der Waals surface area contributed by atoms with Gasteiger partial charge in [-0.25, -0.2) is 4.79 Å². The number of amides is 4. The first-order chi connectivity index (χ1) is 17.9. The van der Waals surface area contributed by atoms with Gasteiger partial charge in [-0.15, -0.1) is 0 Å². The Labute approximate surface area is 230 Å². The summed E-state index contributed by atoms with van der Waals surface area (Å²) in [4.78, 5) is 54.4. The molecule has 1 saturated heterocycles. The molecule has 3 unspecified atom stereocenters. The molecule has 216 valence electrons. The van der Waals surface area contributed by atoms with Crippen molar-refractivity contribution < 1.29 is 23.9 Å². The van der Waals surface area contributed by atoms with E-state index in [1.54, 1.807) is 31.9 Å². The number of hydrogen-bond donors (Lipinski definition) is 3. The Kier molecular flexibility index (Phi) is 7.27. The van der Waals surface area contributed by atoms with Crippen molar-refractivity contribution in [2.24, 2.45) is 28.4 Å². The number of alkyl carbamates (subject to hydrolysis) is 1. The number of ether oxygens (including phenoxy) is 1. The quantitative estimate of drug-likeness (QED) is 0.479. The average molecular weight is 545 g/mol. The largest absolute Gasteiger partial charge is 0.444 e. The maximum Gasteiger partial charge on any atom is 0.408 e. The molecule has 0 aromatic carbocycles. The molecule has 0 spiro atoms. The SMILES string of the molecule is CC(C)(C)OC(=O)NC(C(=O)N1C[C@H]2[C@@H]([C@H]1C(=O)NC(CC1CCc3ccnn31)C(N)=O)C2(C)C)C(C)(C)C. The van der Waals surface area contributed by atoms with Crippen LogP contribution in [0.5, 0.6) is 0 Å². The van der Waals surface area contributed by atoms with Crippen LogP contribution in [0.2, 0.25) is 0 Å². The van der Waals surface area contributed by atoms with Crippen LogP contribution in [0.25, 0.3) is 0 Å². The maximum absolute atomic E-state index is 14.0. The van der Waals surface area contributed by atoms with Crippen LogP contribution in [-0.2, 0) is 25.5 Å². The topological polar surface area (TPSA) is 149 Å². The first-order valence-electron chi connectivity index (χ1n) is 13.8. The fourth-order valence-corrected chi connectivity index (χ4v) is 6.35. The molecule has 2 aliphatic heterocycles. The van der Waals surface area contributed by atoms with E-state index >= 15 is 0 Å². The van der Waals surface area contributed by atoms with Crippen molar-refractivity contribution in [1.82, 2.24) is 25.3 Å². The van der Waals surface area contributed by atoms with Crippen molar-refractivity contribution in [1.29, 1.82) is 0 Å². The number of nitrogens with zero attached hydrogens (tertiary/aromatic N) is 3. The van der Waals surface area contributed by atoms with Gasteiger partial charge in [-0.1, -0.05) is 34.6 Å². The predicted octanol–water partition coefficient (Wildman–Crippen LogP) is 2.15. The van der Waals surface area contributed by atoms with E-state index in [1.165, 1.54) is 0 Å². The van der Waals surface area contributed by atoms with Gasteiger partial charge < -0.3 is 26.0 Å². The summed E-state index contributed by atoms with van der Waals surface area (Å²) < 4.78 is 7.31. The molecular weight excluding hydrogens is 500 g/mol. The highest BCUT2D eigenvalue weighted by Crippen LogP contribution is 2.65. The lowest BCUT2D eigenvalue weighted by atomic mass is 9.85. The molecule has 1 aliphatic carbocycles. The van der Waals surface area contributed by atoms with E-state index in [4.69, 9.17) is 10.5 Å². The van der Waals surface area contributed by atoms with E-state index in [1.807, 2.05) is 31.5 Å². The number of carbonyl (C=O) groups excluding carboxylic acids is 4. The van der Waals surface area contributed by atoms with Gasteiger partial charge in [0.15, 0.2) is 0 Å². The van der Waals surface area contributed by atoms with Crippen LogP contribution in [0.15, 0.2) is 12.3 Å². The van der Waals surface area contributed by atoms with E-state index in [-0.39, 0.29) is 29.2 Å². The number of fused-ring (bicyclic) bond motifs is 2. The van der Waals surface area contributed by atoms with Gasteiger partial charge in [0.1, 0.15) is 23.7 Å². The minimum Gasteiger partial charge on any atom is -0.444 e.